The highest BCUT2D eigenvalue weighted by atomic mass is 16.5. The number of aromatic nitrogens is 1. The Kier molecular flexibility index (Phi) is 4.84. The Balaban J connectivity index is 2.14. The number of hydrogen-bond donors (Lipinski definition) is 0. The second-order valence-electron chi connectivity index (χ2n) is 5.59. The van der Waals surface area contributed by atoms with Gasteiger partial charge in [0.15, 0.2) is 0 Å². The van der Waals surface area contributed by atoms with E-state index < -0.39 is 5.97 Å². The summed E-state index contributed by atoms with van der Waals surface area (Å²) >= 11 is 0. The van der Waals surface area contributed by atoms with E-state index in [1.54, 1.807) is 32.4 Å². The molecule has 5 nitrogen and oxygen atoms in total. The standard InChI is InChI=1S/C20H19NO4/c1-3-25-20(23)17-13-21(12-14-7-6-8-15(11-14)24-2)18-10-5-4-9-16(18)19(17)22/h4-11,13H,3,12H2,1-2H3. The van der Waals surface area contributed by atoms with Crippen LogP contribution in [0, 0.1) is 0 Å². The molecule has 3 rings (SSSR count). The molecule has 0 bridgehead atoms. The summed E-state index contributed by atoms with van der Waals surface area (Å²) in [4.78, 5) is 24.8. The van der Waals surface area contributed by atoms with Crippen LogP contribution in [0.4, 0.5) is 0 Å². The Bertz CT molecular complexity index is 975. The number of hydrogen-bond acceptors (Lipinski definition) is 4. The van der Waals surface area contributed by atoms with Crippen LogP contribution in [0.5, 0.6) is 5.75 Å². The molecule has 0 fully saturated rings. The summed E-state index contributed by atoms with van der Waals surface area (Å²) in [6.45, 7) is 2.44. The molecule has 3 aromatic rings. The predicted molar refractivity (Wildman–Crippen MR) is 96.3 cm³/mol. The number of benzene rings is 2. The molecule has 0 saturated heterocycles. The number of carbonyl (C=O) groups excluding carboxylic acids is 1. The highest BCUT2D eigenvalue weighted by Crippen LogP contribution is 2.17. The van der Waals surface area contributed by atoms with Gasteiger partial charge in [0.1, 0.15) is 11.3 Å². The summed E-state index contributed by atoms with van der Waals surface area (Å²) in [6, 6.07) is 14.9. The van der Waals surface area contributed by atoms with Crippen molar-refractivity contribution in [3.63, 3.8) is 0 Å². The lowest BCUT2D eigenvalue weighted by atomic mass is 10.1. The first kappa shape index (κ1) is 16.8. The number of methoxy groups -OCH3 is 1. The van der Waals surface area contributed by atoms with Gasteiger partial charge in [-0.2, -0.15) is 0 Å². The summed E-state index contributed by atoms with van der Waals surface area (Å²) in [6.07, 6.45) is 1.57. The minimum atomic E-state index is -0.599. The van der Waals surface area contributed by atoms with Gasteiger partial charge in [-0.1, -0.05) is 24.3 Å². The van der Waals surface area contributed by atoms with E-state index in [1.165, 1.54) is 0 Å². The minimum Gasteiger partial charge on any atom is -0.497 e. The highest BCUT2D eigenvalue weighted by Gasteiger charge is 2.16. The molecule has 0 aliphatic carbocycles. The molecule has 0 spiro atoms. The lowest BCUT2D eigenvalue weighted by molar-refractivity contribution is 0.0524. The van der Waals surface area contributed by atoms with Crippen LogP contribution in [-0.2, 0) is 11.3 Å². The van der Waals surface area contributed by atoms with Crippen molar-refractivity contribution in [1.82, 2.24) is 4.57 Å². The summed E-state index contributed by atoms with van der Waals surface area (Å²) in [5.41, 5.74) is 1.51. The maximum absolute atomic E-state index is 12.6. The Morgan fingerprint density at radius 2 is 1.92 bits per heavy atom. The molecule has 25 heavy (non-hydrogen) atoms. The second-order valence-corrected chi connectivity index (χ2v) is 5.59. The van der Waals surface area contributed by atoms with Gasteiger partial charge < -0.3 is 14.0 Å². The fourth-order valence-electron chi connectivity index (χ4n) is 2.80. The first-order valence-electron chi connectivity index (χ1n) is 8.06. The third kappa shape index (κ3) is 3.40. The minimum absolute atomic E-state index is 0.0449. The molecular weight excluding hydrogens is 318 g/mol. The van der Waals surface area contributed by atoms with E-state index in [1.807, 2.05) is 41.0 Å². The highest BCUT2D eigenvalue weighted by molar-refractivity contribution is 5.93. The third-order valence-electron chi connectivity index (χ3n) is 3.97. The number of rotatable bonds is 5. The van der Waals surface area contributed by atoms with E-state index in [0.29, 0.717) is 11.9 Å². The molecule has 0 unspecified atom stereocenters. The Morgan fingerprint density at radius 3 is 2.68 bits per heavy atom. The largest absolute Gasteiger partial charge is 0.497 e. The number of esters is 1. The number of para-hydroxylation sites is 1. The first-order chi connectivity index (χ1) is 12.1. The molecule has 1 aromatic heterocycles. The van der Waals surface area contributed by atoms with Crippen LogP contribution in [0.2, 0.25) is 0 Å². The average Bonchev–Trinajstić information content (AvgIpc) is 2.64. The van der Waals surface area contributed by atoms with Gasteiger partial charge in [-0.3, -0.25) is 4.79 Å². The number of fused-ring (bicyclic) bond motifs is 1. The summed E-state index contributed by atoms with van der Waals surface area (Å²) in [5.74, 6) is 0.158. The van der Waals surface area contributed by atoms with E-state index in [2.05, 4.69) is 0 Å². The van der Waals surface area contributed by atoms with Crippen LogP contribution < -0.4 is 10.2 Å². The molecular formula is C20H19NO4. The smallest absolute Gasteiger partial charge is 0.343 e. The van der Waals surface area contributed by atoms with E-state index in [9.17, 15) is 9.59 Å². The molecule has 0 radical (unpaired) electrons. The van der Waals surface area contributed by atoms with Crippen molar-refractivity contribution >= 4 is 16.9 Å². The molecule has 2 aromatic carbocycles. The maximum Gasteiger partial charge on any atom is 0.343 e. The van der Waals surface area contributed by atoms with Gasteiger partial charge in [-0.25, -0.2) is 4.79 Å². The van der Waals surface area contributed by atoms with Crippen molar-refractivity contribution in [3.8, 4) is 5.75 Å². The average molecular weight is 337 g/mol. The normalized spacial score (nSPS) is 10.6. The van der Waals surface area contributed by atoms with Gasteiger partial charge in [0.05, 0.1) is 19.2 Å². The lowest BCUT2D eigenvalue weighted by Gasteiger charge is -2.14. The van der Waals surface area contributed by atoms with Gasteiger partial charge in [-0.05, 0) is 36.8 Å². The molecule has 128 valence electrons. The zero-order valence-corrected chi connectivity index (χ0v) is 14.2. The van der Waals surface area contributed by atoms with Crippen LogP contribution in [0.1, 0.15) is 22.8 Å². The van der Waals surface area contributed by atoms with Crippen LogP contribution in [0.3, 0.4) is 0 Å². The van der Waals surface area contributed by atoms with Gasteiger partial charge in [0.25, 0.3) is 0 Å². The number of carbonyl (C=O) groups is 1. The molecule has 0 N–H and O–H groups in total. The van der Waals surface area contributed by atoms with E-state index in [-0.39, 0.29) is 17.6 Å². The number of ether oxygens (including phenoxy) is 2. The van der Waals surface area contributed by atoms with E-state index in [4.69, 9.17) is 9.47 Å². The van der Waals surface area contributed by atoms with Crippen LogP contribution in [-0.4, -0.2) is 24.3 Å². The van der Waals surface area contributed by atoms with Crippen LogP contribution >= 0.6 is 0 Å². The van der Waals surface area contributed by atoms with Gasteiger partial charge >= 0.3 is 5.97 Å². The fraction of sp³-hybridized carbons (Fsp3) is 0.200. The summed E-state index contributed by atoms with van der Waals surface area (Å²) < 4.78 is 12.2. The van der Waals surface area contributed by atoms with Crippen molar-refractivity contribution in [2.45, 2.75) is 13.5 Å². The van der Waals surface area contributed by atoms with Crippen molar-refractivity contribution in [3.05, 3.63) is 76.1 Å². The van der Waals surface area contributed by atoms with E-state index >= 15 is 0 Å². The SMILES string of the molecule is CCOC(=O)c1cn(Cc2cccc(OC)c2)c2ccccc2c1=O. The molecule has 0 saturated carbocycles. The zero-order valence-electron chi connectivity index (χ0n) is 14.2. The van der Waals surface area contributed by atoms with Gasteiger partial charge in [0, 0.05) is 18.1 Å². The van der Waals surface area contributed by atoms with Crippen LogP contribution in [0.15, 0.2) is 59.5 Å². The first-order valence-corrected chi connectivity index (χ1v) is 8.06. The van der Waals surface area contributed by atoms with Crippen LogP contribution in [0.25, 0.3) is 10.9 Å². The molecule has 0 amide bonds. The van der Waals surface area contributed by atoms with Crippen molar-refractivity contribution < 1.29 is 14.3 Å². The van der Waals surface area contributed by atoms with Crippen molar-refractivity contribution in [1.29, 1.82) is 0 Å². The van der Waals surface area contributed by atoms with E-state index in [0.717, 1.165) is 16.8 Å². The summed E-state index contributed by atoms with van der Waals surface area (Å²) in [7, 11) is 1.62. The fourth-order valence-corrected chi connectivity index (χ4v) is 2.80. The monoisotopic (exact) mass is 337 g/mol. The molecule has 5 heteroatoms. The Morgan fingerprint density at radius 1 is 1.12 bits per heavy atom. The predicted octanol–water partition coefficient (Wildman–Crippen LogP) is 3.24. The van der Waals surface area contributed by atoms with Crippen molar-refractivity contribution in [2.75, 3.05) is 13.7 Å². The summed E-state index contributed by atoms with van der Waals surface area (Å²) in [5, 5.41) is 0.496. The Hall–Kier alpha value is -3.08. The zero-order chi connectivity index (χ0) is 17.8. The maximum atomic E-state index is 12.6. The third-order valence-corrected chi connectivity index (χ3v) is 3.97. The topological polar surface area (TPSA) is 57.5 Å². The lowest BCUT2D eigenvalue weighted by Crippen LogP contribution is -2.21. The quantitative estimate of drug-likeness (QED) is 0.671. The number of nitrogens with zero attached hydrogens (tertiary/aromatic N) is 1. The second kappa shape index (κ2) is 7.21. The van der Waals surface area contributed by atoms with Gasteiger partial charge in [-0.15, -0.1) is 0 Å². The molecule has 1 heterocycles. The Labute approximate surface area is 145 Å². The number of pyridine rings is 1. The van der Waals surface area contributed by atoms with Crippen molar-refractivity contribution in [2.24, 2.45) is 0 Å². The molecule has 0 atom stereocenters. The molecule has 0 aliphatic heterocycles. The van der Waals surface area contributed by atoms with Gasteiger partial charge in [0.2, 0.25) is 5.43 Å². The molecule has 0 aliphatic rings.